The van der Waals surface area contributed by atoms with Gasteiger partial charge in [-0.2, -0.15) is 0 Å². The third-order valence-corrected chi connectivity index (χ3v) is 11.3. The molecule has 0 saturated carbocycles. The Hall–Kier alpha value is -6.23. The summed E-state index contributed by atoms with van der Waals surface area (Å²) in [5.74, 6) is 0. The van der Waals surface area contributed by atoms with Crippen LogP contribution >= 0.6 is 11.3 Å². The number of nitrogens with zero attached hydrogens (tertiary/aromatic N) is 3. The topological polar surface area (TPSA) is 22.8 Å². The zero-order valence-electron chi connectivity index (χ0n) is 26.3. The number of aromatic nitrogens is 3. The van der Waals surface area contributed by atoms with Crippen molar-refractivity contribution in [1.82, 2.24) is 14.1 Å². The van der Waals surface area contributed by atoms with Gasteiger partial charge in [0.05, 0.1) is 38.0 Å². The van der Waals surface area contributed by atoms with Crippen LogP contribution in [0.2, 0.25) is 0 Å². The lowest BCUT2D eigenvalue weighted by Crippen LogP contribution is -1.96. The summed E-state index contributed by atoms with van der Waals surface area (Å²) in [6, 6.07) is 59.3. The third-order valence-electron chi connectivity index (χ3n) is 10.1. The minimum absolute atomic E-state index is 1.02. The minimum Gasteiger partial charge on any atom is -0.309 e. The molecular weight excluding hydrogens is 615 g/mol. The molecule has 0 N–H and O–H groups in total. The smallest absolute Gasteiger partial charge is 0.0889 e. The number of benzene rings is 7. The van der Waals surface area contributed by atoms with Crippen molar-refractivity contribution < 1.29 is 0 Å². The highest BCUT2D eigenvalue weighted by atomic mass is 32.1. The van der Waals surface area contributed by atoms with Gasteiger partial charge in [0, 0.05) is 59.3 Å². The Morgan fingerprint density at radius 2 is 0.959 bits per heavy atom. The first-order chi connectivity index (χ1) is 24.3. The number of hydrogen-bond donors (Lipinski definition) is 0. The monoisotopic (exact) mass is 641 g/mol. The summed E-state index contributed by atoms with van der Waals surface area (Å²) >= 11 is 1.84. The molecule has 3 nitrogen and oxygen atoms in total. The standard InChI is InChI=1S/C45H27N3S/c1-6-19-37-34(17-1)43-35-18-5-10-23-42(35)49-45(43)44(46-37)28-12-11-13-29(26-28)47-40-22-9-4-16-33(40)36-27-30(24-25-41(36)47)48-38-20-7-2-14-31(38)32-15-3-8-21-39(32)48/h1-27H. The van der Waals surface area contributed by atoms with E-state index in [0.29, 0.717) is 0 Å². The molecule has 0 spiro atoms. The van der Waals surface area contributed by atoms with E-state index < -0.39 is 0 Å². The van der Waals surface area contributed by atoms with E-state index in [4.69, 9.17) is 4.98 Å². The summed E-state index contributed by atoms with van der Waals surface area (Å²) in [4.78, 5) is 5.30. The van der Waals surface area contributed by atoms with Gasteiger partial charge in [-0.15, -0.1) is 11.3 Å². The van der Waals surface area contributed by atoms with Crippen LogP contribution in [-0.2, 0) is 0 Å². The van der Waals surface area contributed by atoms with Crippen molar-refractivity contribution in [2.24, 2.45) is 0 Å². The van der Waals surface area contributed by atoms with Gasteiger partial charge in [-0.3, -0.25) is 0 Å². The zero-order valence-corrected chi connectivity index (χ0v) is 27.2. The average molecular weight is 642 g/mol. The molecule has 7 aromatic carbocycles. The molecule has 4 heterocycles. The van der Waals surface area contributed by atoms with Crippen LogP contribution in [0.25, 0.3) is 97.3 Å². The number of hydrogen-bond acceptors (Lipinski definition) is 2. The second-order valence-corrected chi connectivity index (χ2v) is 13.8. The Kier molecular flexibility index (Phi) is 5.54. The van der Waals surface area contributed by atoms with E-state index in [2.05, 4.69) is 173 Å². The van der Waals surface area contributed by atoms with Gasteiger partial charge in [0.2, 0.25) is 0 Å². The van der Waals surface area contributed by atoms with Crippen molar-refractivity contribution in [1.29, 1.82) is 0 Å². The molecule has 0 unspecified atom stereocenters. The SMILES string of the molecule is c1cc(-c2nc3ccccc3c3c2sc2ccccc23)cc(-n2c3ccccc3c3cc(-n4c5ccccc5c5ccccc54)ccc32)c1. The highest BCUT2D eigenvalue weighted by molar-refractivity contribution is 7.26. The second kappa shape index (κ2) is 10.1. The molecule has 0 fully saturated rings. The first kappa shape index (κ1) is 26.8. The van der Waals surface area contributed by atoms with Gasteiger partial charge in [-0.05, 0) is 60.7 Å². The quantitative estimate of drug-likeness (QED) is 0.188. The highest BCUT2D eigenvalue weighted by Crippen LogP contribution is 2.43. The summed E-state index contributed by atoms with van der Waals surface area (Å²) in [5, 5.41) is 8.80. The van der Waals surface area contributed by atoms with Gasteiger partial charge in [0.1, 0.15) is 0 Å². The number of rotatable bonds is 3. The van der Waals surface area contributed by atoms with E-state index in [-0.39, 0.29) is 0 Å². The lowest BCUT2D eigenvalue weighted by atomic mass is 10.0. The van der Waals surface area contributed by atoms with Crippen LogP contribution in [0.1, 0.15) is 0 Å². The molecule has 4 heteroatoms. The summed E-state index contributed by atoms with van der Waals surface area (Å²) < 4.78 is 7.33. The third kappa shape index (κ3) is 3.80. The van der Waals surface area contributed by atoms with E-state index in [1.807, 2.05) is 11.3 Å². The van der Waals surface area contributed by atoms with E-state index in [1.165, 1.54) is 69.2 Å². The van der Waals surface area contributed by atoms with Crippen LogP contribution in [0.4, 0.5) is 0 Å². The van der Waals surface area contributed by atoms with Crippen molar-refractivity contribution in [3.63, 3.8) is 0 Å². The number of thiophene rings is 1. The molecule has 0 amide bonds. The molecule has 0 aliphatic carbocycles. The van der Waals surface area contributed by atoms with Crippen LogP contribution < -0.4 is 0 Å². The van der Waals surface area contributed by atoms with Gasteiger partial charge in [-0.25, -0.2) is 4.98 Å². The Morgan fingerprint density at radius 1 is 0.408 bits per heavy atom. The predicted molar refractivity (Wildman–Crippen MR) is 209 cm³/mol. The molecule has 4 aromatic heterocycles. The number of fused-ring (bicyclic) bond motifs is 11. The van der Waals surface area contributed by atoms with E-state index in [0.717, 1.165) is 28.1 Å². The molecular formula is C45H27N3S. The van der Waals surface area contributed by atoms with E-state index in [9.17, 15) is 0 Å². The van der Waals surface area contributed by atoms with Crippen molar-refractivity contribution in [2.45, 2.75) is 0 Å². The number of para-hydroxylation sites is 4. The molecule has 0 bridgehead atoms. The Balaban J connectivity index is 1.15. The molecule has 49 heavy (non-hydrogen) atoms. The summed E-state index contributed by atoms with van der Waals surface area (Å²) in [6.07, 6.45) is 0. The van der Waals surface area contributed by atoms with Gasteiger partial charge >= 0.3 is 0 Å². The lowest BCUT2D eigenvalue weighted by Gasteiger charge is -2.12. The fourth-order valence-corrected chi connectivity index (χ4v) is 9.23. The minimum atomic E-state index is 1.02. The zero-order chi connectivity index (χ0) is 32.1. The Bertz CT molecular complexity index is 3070. The molecule has 228 valence electrons. The van der Waals surface area contributed by atoms with Crippen LogP contribution in [0, 0.1) is 0 Å². The largest absolute Gasteiger partial charge is 0.309 e. The Labute approximate surface area is 285 Å². The molecule has 0 aliphatic rings. The fourth-order valence-electron chi connectivity index (χ4n) is 8.00. The van der Waals surface area contributed by atoms with Gasteiger partial charge in [0.25, 0.3) is 0 Å². The van der Waals surface area contributed by atoms with Crippen molar-refractivity contribution >= 4 is 86.0 Å². The predicted octanol–water partition coefficient (Wildman–Crippen LogP) is 12.5. The first-order valence-corrected chi connectivity index (χ1v) is 17.5. The average Bonchev–Trinajstić information content (AvgIpc) is 3.83. The molecule has 11 rings (SSSR count). The summed E-state index contributed by atoms with van der Waals surface area (Å²) in [6.45, 7) is 0. The fraction of sp³-hybridized carbons (Fsp3) is 0. The van der Waals surface area contributed by atoms with Crippen LogP contribution in [0.5, 0.6) is 0 Å². The molecule has 0 atom stereocenters. The number of pyridine rings is 1. The summed E-state index contributed by atoms with van der Waals surface area (Å²) in [5.41, 5.74) is 10.3. The summed E-state index contributed by atoms with van der Waals surface area (Å²) in [7, 11) is 0. The van der Waals surface area contributed by atoms with Gasteiger partial charge in [0.15, 0.2) is 0 Å². The molecule has 0 saturated heterocycles. The molecule has 0 aliphatic heterocycles. The normalized spacial score (nSPS) is 12.1. The lowest BCUT2D eigenvalue weighted by molar-refractivity contribution is 1.16. The first-order valence-electron chi connectivity index (χ1n) is 16.6. The maximum absolute atomic E-state index is 5.30. The maximum Gasteiger partial charge on any atom is 0.0889 e. The van der Waals surface area contributed by atoms with Crippen LogP contribution in [0.3, 0.4) is 0 Å². The van der Waals surface area contributed by atoms with Crippen molar-refractivity contribution in [3.8, 4) is 22.6 Å². The van der Waals surface area contributed by atoms with E-state index >= 15 is 0 Å². The molecule has 11 aromatic rings. The Morgan fingerprint density at radius 3 is 1.67 bits per heavy atom. The van der Waals surface area contributed by atoms with Gasteiger partial charge < -0.3 is 9.13 Å². The van der Waals surface area contributed by atoms with Crippen molar-refractivity contribution in [2.75, 3.05) is 0 Å². The van der Waals surface area contributed by atoms with Crippen LogP contribution in [-0.4, -0.2) is 14.1 Å². The van der Waals surface area contributed by atoms with Gasteiger partial charge in [-0.1, -0.05) is 103 Å². The maximum atomic E-state index is 5.30. The highest BCUT2D eigenvalue weighted by Gasteiger charge is 2.19. The van der Waals surface area contributed by atoms with E-state index in [1.54, 1.807) is 0 Å². The second-order valence-electron chi connectivity index (χ2n) is 12.8. The molecule has 0 radical (unpaired) electrons. The van der Waals surface area contributed by atoms with Crippen LogP contribution in [0.15, 0.2) is 164 Å². The van der Waals surface area contributed by atoms with Crippen molar-refractivity contribution in [3.05, 3.63) is 164 Å².